The lowest BCUT2D eigenvalue weighted by molar-refractivity contribution is 0.245. The molecular formula is C27H28FN3O3S. The molecule has 8 heteroatoms. The summed E-state index contributed by atoms with van der Waals surface area (Å²) < 4.78 is 36.9. The molecule has 1 aliphatic heterocycles. The van der Waals surface area contributed by atoms with Gasteiger partial charge in [-0.15, -0.1) is 0 Å². The maximum absolute atomic E-state index is 14.0. The third-order valence-corrected chi connectivity index (χ3v) is 8.26. The SMILES string of the molecule is Cc1ccc(F)cc1-c1ccc2c(c1)C1(CCCC1)CN2C(=O)NCc1ccc(S(N)(=O)=O)cc1. The van der Waals surface area contributed by atoms with E-state index in [1.165, 1.54) is 18.2 Å². The van der Waals surface area contributed by atoms with Crippen LogP contribution in [0.2, 0.25) is 0 Å². The fraction of sp³-hybridized carbons (Fsp3) is 0.296. The molecule has 2 amide bonds. The van der Waals surface area contributed by atoms with E-state index in [0.717, 1.165) is 59.2 Å². The van der Waals surface area contributed by atoms with E-state index in [4.69, 9.17) is 5.14 Å². The van der Waals surface area contributed by atoms with Gasteiger partial charge < -0.3 is 5.32 Å². The van der Waals surface area contributed by atoms with Crippen molar-refractivity contribution in [3.8, 4) is 11.1 Å². The molecule has 2 aliphatic rings. The lowest BCUT2D eigenvalue weighted by Crippen LogP contribution is -2.41. The van der Waals surface area contributed by atoms with Crippen LogP contribution in [0.25, 0.3) is 11.1 Å². The van der Waals surface area contributed by atoms with Gasteiger partial charge in [-0.25, -0.2) is 22.7 Å². The van der Waals surface area contributed by atoms with Gasteiger partial charge in [-0.1, -0.05) is 37.1 Å². The predicted molar refractivity (Wildman–Crippen MR) is 134 cm³/mol. The second-order valence-electron chi connectivity index (χ2n) is 9.61. The summed E-state index contributed by atoms with van der Waals surface area (Å²) in [6, 6.07) is 16.9. The summed E-state index contributed by atoms with van der Waals surface area (Å²) in [5, 5.41) is 8.12. The Labute approximate surface area is 205 Å². The smallest absolute Gasteiger partial charge is 0.322 e. The van der Waals surface area contributed by atoms with Crippen LogP contribution in [0.4, 0.5) is 14.9 Å². The first-order chi connectivity index (χ1) is 16.7. The van der Waals surface area contributed by atoms with Crippen LogP contribution in [0.3, 0.4) is 0 Å². The van der Waals surface area contributed by atoms with E-state index in [9.17, 15) is 17.6 Å². The number of nitrogens with two attached hydrogens (primary N) is 1. The first-order valence-electron chi connectivity index (χ1n) is 11.7. The minimum absolute atomic E-state index is 0.0357. The van der Waals surface area contributed by atoms with Crippen LogP contribution in [0.5, 0.6) is 0 Å². The van der Waals surface area contributed by atoms with Crippen LogP contribution in [-0.2, 0) is 22.0 Å². The number of amides is 2. The number of nitrogens with zero attached hydrogens (tertiary/aromatic N) is 1. The number of urea groups is 1. The molecule has 0 saturated heterocycles. The topological polar surface area (TPSA) is 92.5 Å². The van der Waals surface area contributed by atoms with E-state index in [1.807, 2.05) is 24.0 Å². The fourth-order valence-corrected chi connectivity index (χ4v) is 5.99. The molecule has 0 atom stereocenters. The summed E-state index contributed by atoms with van der Waals surface area (Å²) in [5.41, 5.74) is 5.58. The molecule has 3 aromatic rings. The van der Waals surface area contributed by atoms with E-state index in [-0.39, 0.29) is 28.7 Å². The third-order valence-electron chi connectivity index (χ3n) is 7.33. The van der Waals surface area contributed by atoms with Crippen LogP contribution < -0.4 is 15.4 Å². The number of hydrogen-bond acceptors (Lipinski definition) is 3. The van der Waals surface area contributed by atoms with Crippen LogP contribution in [0.1, 0.15) is 42.4 Å². The Morgan fingerprint density at radius 3 is 2.46 bits per heavy atom. The number of anilines is 1. The molecule has 1 heterocycles. The van der Waals surface area contributed by atoms with Gasteiger partial charge in [0.15, 0.2) is 0 Å². The zero-order valence-corrected chi connectivity index (χ0v) is 20.4. The number of primary sulfonamides is 1. The number of aryl methyl sites for hydroxylation is 1. The number of hydrogen-bond donors (Lipinski definition) is 2. The van der Waals surface area contributed by atoms with Gasteiger partial charge in [-0.3, -0.25) is 4.90 Å². The van der Waals surface area contributed by atoms with Gasteiger partial charge in [-0.05, 0) is 84.0 Å². The number of halogens is 1. The first-order valence-corrected chi connectivity index (χ1v) is 13.3. The Morgan fingerprint density at radius 2 is 1.77 bits per heavy atom. The van der Waals surface area contributed by atoms with Crippen LogP contribution in [0, 0.1) is 12.7 Å². The Hall–Kier alpha value is -3.23. The molecule has 1 aliphatic carbocycles. The second-order valence-corrected chi connectivity index (χ2v) is 11.2. The zero-order chi connectivity index (χ0) is 24.8. The average Bonchev–Trinajstić information content (AvgIpc) is 3.44. The Morgan fingerprint density at radius 1 is 1.06 bits per heavy atom. The van der Waals surface area contributed by atoms with E-state index in [0.29, 0.717) is 6.54 Å². The van der Waals surface area contributed by atoms with E-state index in [1.54, 1.807) is 24.3 Å². The molecule has 0 aromatic heterocycles. The standard InChI is InChI=1S/C27H28FN3O3S/c1-18-4-8-21(28)15-23(18)20-7-11-25-24(14-20)27(12-2-3-13-27)17-31(25)26(32)30-16-19-5-9-22(10-6-19)35(29,33)34/h4-11,14-15H,2-3,12-13,16-17H2,1H3,(H,30,32)(H2,29,33,34). The normalized spacial score (nSPS) is 16.5. The molecule has 3 aromatic carbocycles. The van der Waals surface area contributed by atoms with Gasteiger partial charge in [0.25, 0.3) is 0 Å². The van der Waals surface area contributed by atoms with Crippen LogP contribution in [0.15, 0.2) is 65.6 Å². The molecule has 0 radical (unpaired) electrons. The van der Waals surface area contributed by atoms with Gasteiger partial charge >= 0.3 is 6.03 Å². The monoisotopic (exact) mass is 493 g/mol. The van der Waals surface area contributed by atoms with E-state index in [2.05, 4.69) is 11.4 Å². The van der Waals surface area contributed by atoms with Crippen molar-refractivity contribution in [3.63, 3.8) is 0 Å². The highest BCUT2D eigenvalue weighted by Gasteiger charge is 2.46. The van der Waals surface area contributed by atoms with Crippen molar-refractivity contribution in [3.05, 3.63) is 83.2 Å². The van der Waals surface area contributed by atoms with Gasteiger partial charge in [0, 0.05) is 24.2 Å². The minimum atomic E-state index is -3.76. The molecule has 35 heavy (non-hydrogen) atoms. The van der Waals surface area contributed by atoms with Crippen LogP contribution in [-0.4, -0.2) is 21.0 Å². The summed E-state index contributed by atoms with van der Waals surface area (Å²) in [6.45, 7) is 2.86. The summed E-state index contributed by atoms with van der Waals surface area (Å²) in [7, 11) is -3.76. The molecule has 1 spiro atoms. The summed E-state index contributed by atoms with van der Waals surface area (Å²) in [5.74, 6) is -0.264. The molecule has 182 valence electrons. The van der Waals surface area contributed by atoms with Crippen molar-refractivity contribution in [2.24, 2.45) is 5.14 Å². The highest BCUT2D eigenvalue weighted by Crippen LogP contribution is 2.51. The number of rotatable bonds is 4. The Bertz CT molecular complexity index is 1400. The number of sulfonamides is 1. The highest BCUT2D eigenvalue weighted by molar-refractivity contribution is 7.89. The van der Waals surface area contributed by atoms with Crippen molar-refractivity contribution in [2.75, 3.05) is 11.4 Å². The van der Waals surface area contributed by atoms with Crippen molar-refractivity contribution >= 4 is 21.7 Å². The van der Waals surface area contributed by atoms with Crippen LogP contribution >= 0.6 is 0 Å². The summed E-state index contributed by atoms with van der Waals surface area (Å²) >= 11 is 0. The quantitative estimate of drug-likeness (QED) is 0.536. The molecule has 3 N–H and O–H groups in total. The lowest BCUT2D eigenvalue weighted by atomic mass is 9.80. The summed E-state index contributed by atoms with van der Waals surface area (Å²) in [6.07, 6.45) is 4.28. The molecule has 0 bridgehead atoms. The number of benzene rings is 3. The maximum Gasteiger partial charge on any atom is 0.322 e. The molecule has 6 nitrogen and oxygen atoms in total. The molecule has 1 fully saturated rings. The van der Waals surface area contributed by atoms with Gasteiger partial charge in [0.1, 0.15) is 5.82 Å². The molecule has 1 saturated carbocycles. The number of carbonyl (C=O) groups is 1. The Kier molecular flexibility index (Phi) is 5.89. The van der Waals surface area contributed by atoms with Crippen molar-refractivity contribution in [2.45, 2.75) is 49.5 Å². The predicted octanol–water partition coefficient (Wildman–Crippen LogP) is 4.99. The van der Waals surface area contributed by atoms with Crippen molar-refractivity contribution in [1.82, 2.24) is 5.32 Å². The lowest BCUT2D eigenvalue weighted by Gasteiger charge is -2.25. The average molecular weight is 494 g/mol. The molecular weight excluding hydrogens is 465 g/mol. The van der Waals surface area contributed by atoms with E-state index < -0.39 is 10.0 Å². The van der Waals surface area contributed by atoms with Crippen molar-refractivity contribution in [1.29, 1.82) is 0 Å². The minimum Gasteiger partial charge on any atom is -0.334 e. The fourth-order valence-electron chi connectivity index (χ4n) is 5.47. The highest BCUT2D eigenvalue weighted by atomic mass is 32.2. The van der Waals surface area contributed by atoms with Gasteiger partial charge in [0.05, 0.1) is 4.90 Å². The largest absolute Gasteiger partial charge is 0.334 e. The first kappa shape index (κ1) is 23.5. The number of fused-ring (bicyclic) bond motifs is 2. The second kappa shape index (κ2) is 8.77. The zero-order valence-electron chi connectivity index (χ0n) is 19.6. The van der Waals surface area contributed by atoms with Gasteiger partial charge in [-0.2, -0.15) is 0 Å². The Balaban J connectivity index is 1.41. The number of nitrogens with one attached hydrogen (secondary N) is 1. The van der Waals surface area contributed by atoms with Crippen molar-refractivity contribution < 1.29 is 17.6 Å². The summed E-state index contributed by atoms with van der Waals surface area (Å²) in [4.78, 5) is 15.1. The maximum atomic E-state index is 14.0. The third kappa shape index (κ3) is 4.44. The number of carbonyl (C=O) groups excluding carboxylic acids is 1. The van der Waals surface area contributed by atoms with E-state index >= 15 is 0 Å². The van der Waals surface area contributed by atoms with Gasteiger partial charge in [0.2, 0.25) is 10.0 Å². The molecule has 5 rings (SSSR count). The molecule has 0 unspecified atom stereocenters.